The standard InChI is InChI=1S/C19H18N4O2S/c24-17(9-23-12-26-10-18(23)25)22-19(13-4-2-1-3-5-13)14-6-7-15-16(8-14)21-11-20-15/h1-8,11,19H,9-10,12H2,(H,20,21)(H,22,24)/t19-/m1/s1. The number of hydrogen-bond donors (Lipinski definition) is 2. The van der Waals surface area contributed by atoms with Crippen LogP contribution in [0.25, 0.3) is 11.0 Å². The number of imidazole rings is 1. The van der Waals surface area contributed by atoms with Gasteiger partial charge in [-0.3, -0.25) is 9.59 Å². The molecule has 2 aromatic carbocycles. The van der Waals surface area contributed by atoms with Crippen LogP contribution in [0.3, 0.4) is 0 Å². The smallest absolute Gasteiger partial charge is 0.240 e. The fraction of sp³-hybridized carbons (Fsp3) is 0.211. The fourth-order valence-corrected chi connectivity index (χ4v) is 3.96. The predicted molar refractivity (Wildman–Crippen MR) is 102 cm³/mol. The molecule has 0 bridgehead atoms. The third kappa shape index (κ3) is 3.43. The fourth-order valence-electron chi connectivity index (χ4n) is 3.06. The van der Waals surface area contributed by atoms with Crippen LogP contribution in [0.4, 0.5) is 0 Å². The van der Waals surface area contributed by atoms with Gasteiger partial charge in [0.1, 0.15) is 6.54 Å². The van der Waals surface area contributed by atoms with E-state index in [2.05, 4.69) is 15.3 Å². The van der Waals surface area contributed by atoms with Crippen molar-refractivity contribution in [3.8, 4) is 0 Å². The van der Waals surface area contributed by atoms with E-state index in [1.54, 1.807) is 11.2 Å². The number of thioether (sulfide) groups is 1. The third-order valence-corrected chi connectivity index (χ3v) is 5.32. The Morgan fingerprint density at radius 2 is 2.08 bits per heavy atom. The summed E-state index contributed by atoms with van der Waals surface area (Å²) in [6.45, 7) is 0.0848. The van der Waals surface area contributed by atoms with Crippen molar-refractivity contribution < 1.29 is 9.59 Å². The summed E-state index contributed by atoms with van der Waals surface area (Å²) in [5.74, 6) is 0.869. The number of hydrogen-bond acceptors (Lipinski definition) is 4. The van der Waals surface area contributed by atoms with Crippen molar-refractivity contribution in [3.63, 3.8) is 0 Å². The van der Waals surface area contributed by atoms with Crippen LogP contribution in [0.5, 0.6) is 0 Å². The normalized spacial score (nSPS) is 15.4. The number of benzene rings is 2. The zero-order valence-corrected chi connectivity index (χ0v) is 14.8. The monoisotopic (exact) mass is 366 g/mol. The molecule has 132 valence electrons. The van der Waals surface area contributed by atoms with Gasteiger partial charge in [-0.15, -0.1) is 11.8 Å². The first kappa shape index (κ1) is 16.7. The minimum absolute atomic E-state index is 0.0142. The van der Waals surface area contributed by atoms with Gasteiger partial charge in [-0.2, -0.15) is 0 Å². The summed E-state index contributed by atoms with van der Waals surface area (Å²) in [7, 11) is 0. The summed E-state index contributed by atoms with van der Waals surface area (Å²) < 4.78 is 0. The molecule has 7 heteroatoms. The lowest BCUT2D eigenvalue weighted by Crippen LogP contribution is -2.40. The molecule has 2 amide bonds. The first-order chi connectivity index (χ1) is 12.7. The number of fused-ring (bicyclic) bond motifs is 1. The van der Waals surface area contributed by atoms with Crippen LogP contribution in [-0.2, 0) is 9.59 Å². The summed E-state index contributed by atoms with van der Waals surface area (Å²) >= 11 is 1.53. The maximum atomic E-state index is 12.6. The van der Waals surface area contributed by atoms with E-state index >= 15 is 0 Å². The molecule has 2 heterocycles. The Morgan fingerprint density at radius 1 is 1.23 bits per heavy atom. The third-order valence-electron chi connectivity index (χ3n) is 4.38. The van der Waals surface area contributed by atoms with Crippen LogP contribution in [-0.4, -0.2) is 44.9 Å². The molecule has 0 radical (unpaired) electrons. The molecule has 26 heavy (non-hydrogen) atoms. The number of nitrogens with zero attached hydrogens (tertiary/aromatic N) is 2. The molecule has 1 aliphatic heterocycles. The molecule has 1 aliphatic rings. The maximum absolute atomic E-state index is 12.6. The lowest BCUT2D eigenvalue weighted by atomic mass is 9.98. The van der Waals surface area contributed by atoms with Gasteiger partial charge >= 0.3 is 0 Å². The van der Waals surface area contributed by atoms with Gasteiger partial charge in [0.2, 0.25) is 11.8 Å². The van der Waals surface area contributed by atoms with Crippen molar-refractivity contribution in [2.45, 2.75) is 6.04 Å². The van der Waals surface area contributed by atoms with E-state index in [1.807, 2.05) is 48.5 Å². The summed E-state index contributed by atoms with van der Waals surface area (Å²) in [5, 5.41) is 3.08. The number of rotatable bonds is 5. The highest BCUT2D eigenvalue weighted by Gasteiger charge is 2.25. The van der Waals surface area contributed by atoms with Gasteiger partial charge in [0.05, 0.1) is 35.0 Å². The molecular formula is C19H18N4O2S. The molecule has 3 aromatic rings. The molecule has 1 aromatic heterocycles. The number of aromatic nitrogens is 2. The molecule has 0 aliphatic carbocycles. The molecule has 2 N–H and O–H groups in total. The number of carbonyl (C=O) groups excluding carboxylic acids is 2. The SMILES string of the molecule is O=C(CN1CSCC1=O)N[C@H](c1ccccc1)c1ccc2nc[nH]c2c1. The van der Waals surface area contributed by atoms with Gasteiger partial charge in [-0.25, -0.2) is 4.98 Å². The van der Waals surface area contributed by atoms with Gasteiger partial charge in [-0.1, -0.05) is 36.4 Å². The lowest BCUT2D eigenvalue weighted by molar-refractivity contribution is -0.132. The number of carbonyl (C=O) groups is 2. The van der Waals surface area contributed by atoms with Crippen molar-refractivity contribution >= 4 is 34.6 Å². The second kappa shape index (κ2) is 7.21. The quantitative estimate of drug-likeness (QED) is 0.726. The molecule has 4 rings (SSSR count). The molecule has 6 nitrogen and oxygen atoms in total. The number of H-pyrrole nitrogens is 1. The highest BCUT2D eigenvalue weighted by molar-refractivity contribution is 8.00. The molecule has 0 spiro atoms. The Labute approximate surface area is 155 Å². The summed E-state index contributed by atoms with van der Waals surface area (Å²) in [5.41, 5.74) is 3.75. The Bertz CT molecular complexity index is 941. The number of aromatic amines is 1. The van der Waals surface area contributed by atoms with Crippen LogP contribution in [0.15, 0.2) is 54.9 Å². The van der Waals surface area contributed by atoms with E-state index in [1.165, 1.54) is 11.8 Å². The van der Waals surface area contributed by atoms with Gasteiger partial charge in [0.25, 0.3) is 0 Å². The molecule has 1 saturated heterocycles. The van der Waals surface area contributed by atoms with Gasteiger partial charge < -0.3 is 15.2 Å². The predicted octanol–water partition coefficient (Wildman–Crippen LogP) is 2.30. The van der Waals surface area contributed by atoms with Gasteiger partial charge in [0, 0.05) is 0 Å². The average Bonchev–Trinajstić information content (AvgIpc) is 3.29. The first-order valence-electron chi connectivity index (χ1n) is 8.33. The second-order valence-corrected chi connectivity index (χ2v) is 7.11. The molecule has 0 saturated carbocycles. The van der Waals surface area contributed by atoms with Crippen molar-refractivity contribution in [1.82, 2.24) is 20.2 Å². The number of nitrogens with one attached hydrogen (secondary N) is 2. The lowest BCUT2D eigenvalue weighted by Gasteiger charge is -2.22. The van der Waals surface area contributed by atoms with E-state index in [9.17, 15) is 9.59 Å². The Hall–Kier alpha value is -2.80. The largest absolute Gasteiger partial charge is 0.345 e. The second-order valence-electron chi connectivity index (χ2n) is 6.16. The molecule has 1 fully saturated rings. The minimum atomic E-state index is -0.290. The zero-order chi connectivity index (χ0) is 17.9. The Morgan fingerprint density at radius 3 is 2.85 bits per heavy atom. The van der Waals surface area contributed by atoms with Crippen LogP contribution < -0.4 is 5.32 Å². The van der Waals surface area contributed by atoms with Crippen molar-refractivity contribution in [2.24, 2.45) is 0 Å². The van der Waals surface area contributed by atoms with Crippen LogP contribution in [0.1, 0.15) is 17.2 Å². The van der Waals surface area contributed by atoms with E-state index in [0.717, 1.165) is 22.2 Å². The highest BCUT2D eigenvalue weighted by Crippen LogP contribution is 2.25. The molecular weight excluding hydrogens is 348 g/mol. The topological polar surface area (TPSA) is 78.1 Å². The van der Waals surface area contributed by atoms with Crippen molar-refractivity contribution in [3.05, 3.63) is 66.0 Å². The average molecular weight is 366 g/mol. The number of amides is 2. The van der Waals surface area contributed by atoms with Gasteiger partial charge in [0.15, 0.2) is 0 Å². The van der Waals surface area contributed by atoms with E-state index in [0.29, 0.717) is 11.6 Å². The van der Waals surface area contributed by atoms with Crippen LogP contribution in [0.2, 0.25) is 0 Å². The van der Waals surface area contributed by atoms with E-state index < -0.39 is 0 Å². The van der Waals surface area contributed by atoms with Crippen molar-refractivity contribution in [2.75, 3.05) is 18.2 Å². The molecule has 0 unspecified atom stereocenters. The highest BCUT2D eigenvalue weighted by atomic mass is 32.2. The Balaban J connectivity index is 1.60. The van der Waals surface area contributed by atoms with Crippen LogP contribution in [0, 0.1) is 0 Å². The van der Waals surface area contributed by atoms with E-state index in [-0.39, 0.29) is 24.4 Å². The van der Waals surface area contributed by atoms with Crippen LogP contribution >= 0.6 is 11.8 Å². The van der Waals surface area contributed by atoms with Gasteiger partial charge in [-0.05, 0) is 23.3 Å². The minimum Gasteiger partial charge on any atom is -0.345 e. The van der Waals surface area contributed by atoms with Crippen molar-refractivity contribution in [1.29, 1.82) is 0 Å². The molecule has 1 atom stereocenters. The van der Waals surface area contributed by atoms with E-state index in [4.69, 9.17) is 0 Å². The summed E-state index contributed by atoms with van der Waals surface area (Å²) in [6.07, 6.45) is 1.65. The first-order valence-corrected chi connectivity index (χ1v) is 9.49. The maximum Gasteiger partial charge on any atom is 0.240 e. The summed E-state index contributed by atoms with van der Waals surface area (Å²) in [4.78, 5) is 33.3. The Kier molecular flexibility index (Phi) is 4.62. The summed E-state index contributed by atoms with van der Waals surface area (Å²) in [6, 6.07) is 15.4. The zero-order valence-electron chi connectivity index (χ0n) is 14.0.